The van der Waals surface area contributed by atoms with Gasteiger partial charge in [-0.2, -0.15) is 4.90 Å². The van der Waals surface area contributed by atoms with Crippen molar-refractivity contribution in [2.45, 2.75) is 85.5 Å². The molecule has 0 saturated carbocycles. The minimum Gasteiger partial charge on any atom is -0.461 e. The number of ether oxygens (including phenoxy) is 3. The van der Waals surface area contributed by atoms with Crippen molar-refractivity contribution >= 4 is 41.5 Å². The molecule has 0 spiro atoms. The fourth-order valence-corrected chi connectivity index (χ4v) is 3.17. The number of aromatic nitrogens is 2. The second-order valence-electron chi connectivity index (χ2n) is 9.94. The first-order chi connectivity index (χ1) is 16.0. The van der Waals surface area contributed by atoms with E-state index in [1.807, 2.05) is 0 Å². The minimum atomic E-state index is -1.12. The van der Waals surface area contributed by atoms with Crippen LogP contribution in [0.3, 0.4) is 0 Å². The first kappa shape index (κ1) is 27.7. The van der Waals surface area contributed by atoms with Crippen molar-refractivity contribution in [3.05, 3.63) is 11.9 Å². The van der Waals surface area contributed by atoms with Crippen LogP contribution in [-0.2, 0) is 23.8 Å². The summed E-state index contributed by atoms with van der Waals surface area (Å²) in [5.41, 5.74) is -2.18. The molecule has 12 nitrogen and oxygen atoms in total. The zero-order valence-electron chi connectivity index (χ0n) is 21.3. The van der Waals surface area contributed by atoms with Crippen molar-refractivity contribution in [3.8, 4) is 0 Å². The maximum absolute atomic E-state index is 13.1. The number of ketones is 1. The number of anilines is 2. The minimum absolute atomic E-state index is 0.0788. The Morgan fingerprint density at radius 2 is 1.57 bits per heavy atom. The lowest BCUT2D eigenvalue weighted by Gasteiger charge is -2.33. The van der Waals surface area contributed by atoms with E-state index in [0.717, 1.165) is 6.33 Å². The SMILES string of the molecule is CCC(CN1C(=O)CC(=O)c2c1ncnc2N(C(=O)OC(C)(C)C)C(=O)OC(C)(C)C)OC(C)=O. The molecule has 1 atom stereocenters. The van der Waals surface area contributed by atoms with E-state index in [1.165, 1.54) is 11.8 Å². The third-order valence-electron chi connectivity index (χ3n) is 4.49. The van der Waals surface area contributed by atoms with Crippen molar-refractivity contribution in [1.82, 2.24) is 9.97 Å². The summed E-state index contributed by atoms with van der Waals surface area (Å²) in [6, 6.07) is 0. The average molecular weight is 493 g/mol. The molecule has 35 heavy (non-hydrogen) atoms. The van der Waals surface area contributed by atoms with E-state index in [-0.39, 0.29) is 23.7 Å². The van der Waals surface area contributed by atoms with Crippen LogP contribution in [0.2, 0.25) is 0 Å². The van der Waals surface area contributed by atoms with Gasteiger partial charge in [-0.1, -0.05) is 6.92 Å². The number of Topliss-reactive ketones (excluding diaryl/α,β-unsaturated/α-hetero) is 1. The van der Waals surface area contributed by atoms with Gasteiger partial charge in [0, 0.05) is 6.92 Å². The number of carbonyl (C=O) groups is 5. The largest absolute Gasteiger partial charge is 0.461 e. The molecule has 1 unspecified atom stereocenters. The van der Waals surface area contributed by atoms with Gasteiger partial charge in [-0.3, -0.25) is 19.3 Å². The number of fused-ring (bicyclic) bond motifs is 1. The van der Waals surface area contributed by atoms with Crippen molar-refractivity contribution in [2.75, 3.05) is 16.3 Å². The monoisotopic (exact) mass is 492 g/mol. The lowest BCUT2D eigenvalue weighted by molar-refractivity contribution is -0.146. The topological polar surface area (TPSA) is 145 Å². The predicted molar refractivity (Wildman–Crippen MR) is 124 cm³/mol. The lowest BCUT2D eigenvalue weighted by Crippen LogP contribution is -2.47. The molecular formula is C23H32N4O8. The van der Waals surface area contributed by atoms with Gasteiger partial charge < -0.3 is 14.2 Å². The standard InChI is InChI=1S/C23H32N4O8/c1-9-14(33-13(2)28)11-26-16(30)10-15(29)17-18(26)24-12-25-19(17)27(20(31)34-22(3,4)5)21(32)35-23(6,7)8/h12,14H,9-11H2,1-8H3. The molecule has 1 aromatic rings. The van der Waals surface area contributed by atoms with Gasteiger partial charge in [0.15, 0.2) is 17.4 Å². The Balaban J connectivity index is 2.63. The molecule has 2 rings (SSSR count). The number of nitrogens with zero attached hydrogens (tertiary/aromatic N) is 4. The fourth-order valence-electron chi connectivity index (χ4n) is 3.17. The zero-order chi connectivity index (χ0) is 26.7. The number of hydrogen-bond acceptors (Lipinski definition) is 10. The Kier molecular flexibility index (Phi) is 8.19. The second kappa shape index (κ2) is 10.4. The molecule has 0 aromatic carbocycles. The molecular weight excluding hydrogens is 460 g/mol. The first-order valence-corrected chi connectivity index (χ1v) is 11.2. The molecule has 0 saturated heterocycles. The van der Waals surface area contributed by atoms with Crippen LogP contribution in [0.25, 0.3) is 0 Å². The second-order valence-corrected chi connectivity index (χ2v) is 9.94. The molecule has 192 valence electrons. The molecule has 12 heteroatoms. The molecule has 1 aliphatic rings. The van der Waals surface area contributed by atoms with Gasteiger partial charge in [0.25, 0.3) is 0 Å². The summed E-state index contributed by atoms with van der Waals surface area (Å²) >= 11 is 0. The van der Waals surface area contributed by atoms with Crippen molar-refractivity contribution in [1.29, 1.82) is 0 Å². The fraction of sp³-hybridized carbons (Fsp3) is 0.609. The summed E-state index contributed by atoms with van der Waals surface area (Å²) < 4.78 is 16.0. The highest BCUT2D eigenvalue weighted by atomic mass is 16.6. The highest BCUT2D eigenvalue weighted by Crippen LogP contribution is 2.34. The normalized spacial score (nSPS) is 14.7. The van der Waals surface area contributed by atoms with Crippen LogP contribution < -0.4 is 9.80 Å². The Hall–Kier alpha value is -3.57. The summed E-state index contributed by atoms with van der Waals surface area (Å²) in [5, 5.41) is 0. The van der Waals surface area contributed by atoms with Crippen LogP contribution >= 0.6 is 0 Å². The van der Waals surface area contributed by atoms with Gasteiger partial charge in [0.2, 0.25) is 5.91 Å². The predicted octanol–water partition coefficient (Wildman–Crippen LogP) is 3.41. The van der Waals surface area contributed by atoms with Crippen molar-refractivity contribution < 1.29 is 38.2 Å². The maximum Gasteiger partial charge on any atom is 0.425 e. The molecule has 3 amide bonds. The van der Waals surface area contributed by atoms with Crippen molar-refractivity contribution in [3.63, 3.8) is 0 Å². The van der Waals surface area contributed by atoms with Gasteiger partial charge >= 0.3 is 18.2 Å². The van der Waals surface area contributed by atoms with Gasteiger partial charge in [-0.15, -0.1) is 0 Å². The van der Waals surface area contributed by atoms with Crippen LogP contribution in [0, 0.1) is 0 Å². The van der Waals surface area contributed by atoms with Crippen LogP contribution in [-0.4, -0.2) is 63.7 Å². The summed E-state index contributed by atoms with van der Waals surface area (Å²) in [6.45, 7) is 12.6. The summed E-state index contributed by atoms with van der Waals surface area (Å²) in [4.78, 5) is 73.1. The summed E-state index contributed by atoms with van der Waals surface area (Å²) in [5.74, 6) is -2.27. The van der Waals surface area contributed by atoms with Gasteiger partial charge in [-0.05, 0) is 48.0 Å². The quantitative estimate of drug-likeness (QED) is 0.340. The number of esters is 1. The lowest BCUT2D eigenvalue weighted by atomic mass is 10.0. The van der Waals surface area contributed by atoms with Crippen LogP contribution in [0.4, 0.5) is 21.2 Å². The number of rotatable bonds is 5. The van der Waals surface area contributed by atoms with Crippen molar-refractivity contribution in [2.24, 2.45) is 0 Å². The van der Waals surface area contributed by atoms with E-state index in [0.29, 0.717) is 11.3 Å². The maximum atomic E-state index is 13.1. The molecule has 0 N–H and O–H groups in total. The molecule has 0 radical (unpaired) electrons. The van der Waals surface area contributed by atoms with Crippen LogP contribution in [0.5, 0.6) is 0 Å². The molecule has 2 heterocycles. The molecule has 0 fully saturated rings. The van der Waals surface area contributed by atoms with E-state index < -0.39 is 53.6 Å². The molecule has 1 aliphatic heterocycles. The molecule has 0 bridgehead atoms. The third kappa shape index (κ3) is 7.20. The highest BCUT2D eigenvalue weighted by Gasteiger charge is 2.41. The Morgan fingerprint density at radius 1 is 1.03 bits per heavy atom. The number of amides is 3. The Morgan fingerprint density at radius 3 is 2.03 bits per heavy atom. The first-order valence-electron chi connectivity index (χ1n) is 11.2. The Labute approximate surface area is 203 Å². The van der Waals surface area contributed by atoms with Gasteiger partial charge in [0.1, 0.15) is 29.2 Å². The summed E-state index contributed by atoms with van der Waals surface area (Å²) in [6.07, 6.45) is -2.04. The molecule has 1 aromatic heterocycles. The zero-order valence-corrected chi connectivity index (χ0v) is 21.3. The van der Waals surface area contributed by atoms with Gasteiger partial charge in [-0.25, -0.2) is 19.6 Å². The van der Waals surface area contributed by atoms with E-state index in [2.05, 4.69) is 9.97 Å². The molecule has 0 aliphatic carbocycles. The van der Waals surface area contributed by atoms with Crippen LogP contribution in [0.1, 0.15) is 78.6 Å². The van der Waals surface area contributed by atoms with E-state index >= 15 is 0 Å². The highest BCUT2D eigenvalue weighted by molar-refractivity contribution is 6.23. The van der Waals surface area contributed by atoms with E-state index in [1.54, 1.807) is 48.5 Å². The summed E-state index contributed by atoms with van der Waals surface area (Å²) in [7, 11) is 0. The van der Waals surface area contributed by atoms with E-state index in [9.17, 15) is 24.0 Å². The van der Waals surface area contributed by atoms with E-state index in [4.69, 9.17) is 14.2 Å². The Bertz CT molecular complexity index is 997. The number of hydrogen-bond donors (Lipinski definition) is 0. The smallest absolute Gasteiger partial charge is 0.425 e. The van der Waals surface area contributed by atoms with Crippen LogP contribution in [0.15, 0.2) is 6.33 Å². The third-order valence-corrected chi connectivity index (χ3v) is 4.49. The van der Waals surface area contributed by atoms with Gasteiger partial charge in [0.05, 0.1) is 13.0 Å². The number of carbonyl (C=O) groups excluding carboxylic acids is 5. The average Bonchev–Trinajstić information content (AvgIpc) is 2.67. The number of imide groups is 1.